The first-order valence-corrected chi connectivity index (χ1v) is 9.25. The molecule has 0 saturated carbocycles. The Morgan fingerprint density at radius 1 is 1.38 bits per heavy atom. The molecule has 2 aromatic carbocycles. The highest BCUT2D eigenvalue weighted by molar-refractivity contribution is 5.63. The highest BCUT2D eigenvalue weighted by Gasteiger charge is 2.33. The number of rotatable bonds is 4. The Bertz CT molecular complexity index is 1010. The van der Waals surface area contributed by atoms with Crippen molar-refractivity contribution in [1.82, 2.24) is 4.90 Å². The topological polar surface area (TPSA) is 86.1 Å². The number of nitrogens with zero attached hydrogens (tertiary/aromatic N) is 2. The van der Waals surface area contributed by atoms with Crippen LogP contribution >= 0.6 is 0 Å². The molecule has 0 spiro atoms. The van der Waals surface area contributed by atoms with E-state index in [2.05, 4.69) is 22.1 Å². The van der Waals surface area contributed by atoms with Gasteiger partial charge in [0.2, 0.25) is 12.5 Å². The SMILES string of the molecule is COc1c2c(cc3c1C(C#CCNc1cccc([N+](=O)[O-])c1)N(C)CC3)OCO2. The molecule has 0 saturated heterocycles. The Hall–Kier alpha value is -3.44. The number of hydrogen-bond acceptors (Lipinski definition) is 7. The molecular weight excluding hydrogens is 374 g/mol. The summed E-state index contributed by atoms with van der Waals surface area (Å²) in [5.74, 6) is 8.46. The fourth-order valence-corrected chi connectivity index (χ4v) is 3.64. The summed E-state index contributed by atoms with van der Waals surface area (Å²) < 4.78 is 16.8. The third-order valence-corrected chi connectivity index (χ3v) is 5.07. The van der Waals surface area contributed by atoms with Gasteiger partial charge in [-0.05, 0) is 31.2 Å². The van der Waals surface area contributed by atoms with E-state index >= 15 is 0 Å². The number of non-ortho nitro benzene ring substituents is 1. The normalized spacial score (nSPS) is 17.1. The average molecular weight is 395 g/mol. The molecule has 29 heavy (non-hydrogen) atoms. The number of nitro groups is 1. The van der Waals surface area contributed by atoms with Crippen molar-refractivity contribution < 1.29 is 19.1 Å². The van der Waals surface area contributed by atoms with Crippen molar-refractivity contribution in [1.29, 1.82) is 0 Å². The maximum atomic E-state index is 10.9. The third-order valence-electron chi connectivity index (χ3n) is 5.07. The van der Waals surface area contributed by atoms with Crippen molar-refractivity contribution in [2.75, 3.05) is 39.4 Å². The molecule has 2 aliphatic heterocycles. The van der Waals surface area contributed by atoms with Gasteiger partial charge in [0.1, 0.15) is 6.04 Å². The Balaban J connectivity index is 1.56. The lowest BCUT2D eigenvalue weighted by Gasteiger charge is -2.32. The van der Waals surface area contributed by atoms with Crippen LogP contribution in [0.2, 0.25) is 0 Å². The standard InChI is InChI=1S/C21H21N3O5/c1-23-10-8-14-11-18-20(29-13-28-18)21(27-2)19(14)17(23)7-4-9-22-15-5-3-6-16(12-15)24(25)26/h3,5-6,11-12,17,22H,8-10,13H2,1-2H3. The second-order valence-corrected chi connectivity index (χ2v) is 6.83. The van der Waals surface area contributed by atoms with Crippen LogP contribution in [-0.4, -0.2) is 43.9 Å². The molecule has 1 atom stereocenters. The van der Waals surface area contributed by atoms with E-state index in [-0.39, 0.29) is 18.5 Å². The van der Waals surface area contributed by atoms with Gasteiger partial charge in [0.15, 0.2) is 11.5 Å². The summed E-state index contributed by atoms with van der Waals surface area (Å²) in [7, 11) is 3.65. The van der Waals surface area contributed by atoms with Gasteiger partial charge in [-0.15, -0.1) is 0 Å². The quantitative estimate of drug-likeness (QED) is 0.484. The minimum Gasteiger partial charge on any atom is -0.492 e. The molecule has 0 radical (unpaired) electrons. The largest absolute Gasteiger partial charge is 0.492 e. The molecule has 0 aromatic heterocycles. The first kappa shape index (κ1) is 18.9. The van der Waals surface area contributed by atoms with Crippen molar-refractivity contribution in [3.63, 3.8) is 0 Å². The Labute approximate surface area is 168 Å². The highest BCUT2D eigenvalue weighted by Crippen LogP contribution is 2.49. The molecule has 0 fully saturated rings. The van der Waals surface area contributed by atoms with E-state index in [0.29, 0.717) is 29.5 Å². The summed E-state index contributed by atoms with van der Waals surface area (Å²) in [6, 6.07) is 8.25. The number of anilines is 1. The maximum absolute atomic E-state index is 10.9. The van der Waals surface area contributed by atoms with E-state index in [1.54, 1.807) is 19.2 Å². The number of nitro benzene ring substituents is 1. The lowest BCUT2D eigenvalue weighted by atomic mass is 9.91. The van der Waals surface area contributed by atoms with Gasteiger partial charge < -0.3 is 19.5 Å². The number of nitrogens with one attached hydrogen (secondary N) is 1. The maximum Gasteiger partial charge on any atom is 0.271 e. The van der Waals surface area contributed by atoms with Gasteiger partial charge in [0.05, 0.1) is 18.6 Å². The average Bonchev–Trinajstić information content (AvgIpc) is 3.19. The zero-order chi connectivity index (χ0) is 20.4. The molecule has 0 amide bonds. The molecule has 8 heteroatoms. The lowest BCUT2D eigenvalue weighted by molar-refractivity contribution is -0.384. The van der Waals surface area contributed by atoms with Gasteiger partial charge in [0, 0.05) is 29.9 Å². The number of benzene rings is 2. The highest BCUT2D eigenvalue weighted by atomic mass is 16.7. The first-order chi connectivity index (χ1) is 14.1. The fourth-order valence-electron chi connectivity index (χ4n) is 3.64. The van der Waals surface area contributed by atoms with E-state index in [4.69, 9.17) is 14.2 Å². The molecule has 4 rings (SSSR count). The fraction of sp³-hybridized carbons (Fsp3) is 0.333. The van der Waals surface area contributed by atoms with Crippen molar-refractivity contribution in [2.24, 2.45) is 0 Å². The van der Waals surface area contributed by atoms with Crippen molar-refractivity contribution in [2.45, 2.75) is 12.5 Å². The molecule has 1 N–H and O–H groups in total. The van der Waals surface area contributed by atoms with E-state index in [9.17, 15) is 10.1 Å². The molecule has 150 valence electrons. The summed E-state index contributed by atoms with van der Waals surface area (Å²) in [5.41, 5.74) is 2.86. The minimum atomic E-state index is -0.415. The van der Waals surface area contributed by atoms with Crippen molar-refractivity contribution >= 4 is 11.4 Å². The summed E-state index contributed by atoms with van der Waals surface area (Å²) in [5, 5.41) is 14.0. The van der Waals surface area contributed by atoms with E-state index in [1.807, 2.05) is 13.1 Å². The zero-order valence-corrected chi connectivity index (χ0v) is 16.2. The first-order valence-electron chi connectivity index (χ1n) is 9.25. The minimum absolute atomic E-state index is 0.0460. The van der Waals surface area contributed by atoms with E-state index in [1.165, 1.54) is 12.1 Å². The molecule has 8 nitrogen and oxygen atoms in total. The van der Waals surface area contributed by atoms with Crippen LogP contribution in [0.1, 0.15) is 17.2 Å². The molecule has 2 aliphatic rings. The third kappa shape index (κ3) is 3.65. The van der Waals surface area contributed by atoms with Crippen molar-refractivity contribution in [3.8, 4) is 29.1 Å². The Morgan fingerprint density at radius 2 is 2.24 bits per heavy atom. The number of hydrogen-bond donors (Lipinski definition) is 1. The van der Waals surface area contributed by atoms with Crippen LogP contribution in [-0.2, 0) is 6.42 Å². The smallest absolute Gasteiger partial charge is 0.271 e. The molecule has 0 aliphatic carbocycles. The summed E-state index contributed by atoms with van der Waals surface area (Å²) in [6.07, 6.45) is 0.878. The summed E-state index contributed by atoms with van der Waals surface area (Å²) in [6.45, 7) is 1.43. The predicted octanol–water partition coefficient (Wildman–Crippen LogP) is 2.98. The van der Waals surface area contributed by atoms with Gasteiger partial charge in [-0.2, -0.15) is 0 Å². The van der Waals surface area contributed by atoms with E-state index in [0.717, 1.165) is 24.1 Å². The van der Waals surface area contributed by atoms with Gasteiger partial charge >= 0.3 is 0 Å². The number of ether oxygens (including phenoxy) is 3. The lowest BCUT2D eigenvalue weighted by Crippen LogP contribution is -2.31. The van der Waals surface area contributed by atoms with Gasteiger partial charge in [-0.3, -0.25) is 15.0 Å². The molecule has 2 aromatic rings. The second-order valence-electron chi connectivity index (χ2n) is 6.83. The van der Waals surface area contributed by atoms with Gasteiger partial charge in [-0.1, -0.05) is 17.9 Å². The summed E-state index contributed by atoms with van der Waals surface area (Å²) >= 11 is 0. The number of methoxy groups -OCH3 is 1. The zero-order valence-electron chi connectivity index (χ0n) is 16.2. The van der Waals surface area contributed by atoms with Crippen LogP contribution in [0.3, 0.4) is 0 Å². The van der Waals surface area contributed by atoms with E-state index < -0.39 is 4.92 Å². The molecule has 2 heterocycles. The van der Waals surface area contributed by atoms with Crippen LogP contribution in [0, 0.1) is 22.0 Å². The molecule has 1 unspecified atom stereocenters. The monoisotopic (exact) mass is 395 g/mol. The molecular formula is C21H21N3O5. The van der Waals surface area contributed by atoms with Crippen LogP contribution in [0.15, 0.2) is 30.3 Å². The van der Waals surface area contributed by atoms with Gasteiger partial charge in [0.25, 0.3) is 5.69 Å². The predicted molar refractivity (Wildman–Crippen MR) is 108 cm³/mol. The number of fused-ring (bicyclic) bond motifs is 2. The van der Waals surface area contributed by atoms with Crippen LogP contribution in [0.5, 0.6) is 17.2 Å². The molecule has 0 bridgehead atoms. The van der Waals surface area contributed by atoms with Gasteiger partial charge in [-0.25, -0.2) is 0 Å². The Kier molecular flexibility index (Phi) is 5.14. The number of likely N-dealkylation sites (N-methyl/N-ethyl adjacent to an activating group) is 1. The van der Waals surface area contributed by atoms with Crippen molar-refractivity contribution in [3.05, 3.63) is 51.6 Å². The second kappa shape index (κ2) is 7.89. The van der Waals surface area contributed by atoms with Crippen LogP contribution < -0.4 is 19.5 Å². The Morgan fingerprint density at radius 3 is 3.03 bits per heavy atom. The summed E-state index contributed by atoms with van der Waals surface area (Å²) in [4.78, 5) is 12.7. The van der Waals surface area contributed by atoms with Crippen LogP contribution in [0.4, 0.5) is 11.4 Å². The van der Waals surface area contributed by atoms with Crippen LogP contribution in [0.25, 0.3) is 0 Å².